The first-order valence-corrected chi connectivity index (χ1v) is 9.33. The molecule has 0 fully saturated rings. The summed E-state index contributed by atoms with van der Waals surface area (Å²) in [6.45, 7) is 4.65. The molecule has 0 spiro atoms. The number of benzene rings is 2. The van der Waals surface area contributed by atoms with Crippen molar-refractivity contribution in [2.75, 3.05) is 6.54 Å². The van der Waals surface area contributed by atoms with E-state index in [1.165, 1.54) is 37.7 Å². The van der Waals surface area contributed by atoms with E-state index in [0.29, 0.717) is 6.61 Å². The lowest BCUT2D eigenvalue weighted by atomic mass is 10.1. The maximum absolute atomic E-state index is 6.15. The predicted molar refractivity (Wildman–Crippen MR) is 103 cm³/mol. The van der Waals surface area contributed by atoms with Crippen LogP contribution in [-0.4, -0.2) is 6.54 Å². The minimum atomic E-state index is 0.576. The van der Waals surface area contributed by atoms with Crippen molar-refractivity contribution in [1.29, 1.82) is 0 Å². The highest BCUT2D eigenvalue weighted by Gasteiger charge is 2.05. The number of unbranched alkanes of at least 4 members (excludes halogenated alkanes) is 4. The number of nitrogens with one attached hydrogen (secondary N) is 1. The Labute approximate surface area is 151 Å². The molecular formula is C21H28ClNO. The van der Waals surface area contributed by atoms with Gasteiger partial charge in [-0.05, 0) is 36.7 Å². The minimum absolute atomic E-state index is 0.576. The van der Waals surface area contributed by atoms with Crippen molar-refractivity contribution < 1.29 is 4.74 Å². The normalized spacial score (nSPS) is 10.8. The Morgan fingerprint density at radius 1 is 0.958 bits per heavy atom. The van der Waals surface area contributed by atoms with Crippen LogP contribution in [0.4, 0.5) is 0 Å². The first-order valence-electron chi connectivity index (χ1n) is 8.95. The van der Waals surface area contributed by atoms with Crippen LogP contribution in [0.25, 0.3) is 0 Å². The quantitative estimate of drug-likeness (QED) is 0.506. The van der Waals surface area contributed by atoms with Crippen molar-refractivity contribution in [3.8, 4) is 5.75 Å². The van der Waals surface area contributed by atoms with Crippen LogP contribution in [0.15, 0.2) is 48.5 Å². The highest BCUT2D eigenvalue weighted by molar-refractivity contribution is 6.30. The minimum Gasteiger partial charge on any atom is -0.489 e. The summed E-state index contributed by atoms with van der Waals surface area (Å²) >= 11 is 6.15. The smallest absolute Gasteiger partial charge is 0.124 e. The van der Waals surface area contributed by atoms with Crippen LogP contribution >= 0.6 is 11.6 Å². The topological polar surface area (TPSA) is 21.3 Å². The van der Waals surface area contributed by atoms with Gasteiger partial charge >= 0.3 is 0 Å². The third-order valence-corrected chi connectivity index (χ3v) is 4.27. The van der Waals surface area contributed by atoms with E-state index in [9.17, 15) is 0 Å². The van der Waals surface area contributed by atoms with Gasteiger partial charge < -0.3 is 10.1 Å². The van der Waals surface area contributed by atoms with Gasteiger partial charge in [-0.1, -0.05) is 74.5 Å². The summed E-state index contributed by atoms with van der Waals surface area (Å²) < 4.78 is 5.99. The molecule has 0 aliphatic heterocycles. The molecule has 2 aromatic rings. The molecule has 2 rings (SSSR count). The molecule has 0 bridgehead atoms. The Hall–Kier alpha value is -1.51. The molecule has 3 heteroatoms. The Bertz CT molecular complexity index is 586. The molecule has 0 aliphatic rings. The van der Waals surface area contributed by atoms with Crippen LogP contribution in [0.5, 0.6) is 5.75 Å². The van der Waals surface area contributed by atoms with Crippen molar-refractivity contribution in [2.45, 2.75) is 52.2 Å². The number of hydrogen-bond donors (Lipinski definition) is 1. The molecule has 0 unspecified atom stereocenters. The molecule has 0 aliphatic carbocycles. The standard InChI is InChI=1S/C21H28ClNO/c1-2-3-4-5-9-14-23-16-19-15-20(22)12-13-21(19)24-17-18-10-7-6-8-11-18/h6-8,10-13,15,23H,2-5,9,14,16-17H2,1H3. The Balaban J connectivity index is 1.81. The van der Waals surface area contributed by atoms with Gasteiger partial charge in [-0.25, -0.2) is 0 Å². The number of hydrogen-bond acceptors (Lipinski definition) is 2. The SMILES string of the molecule is CCCCCCCNCc1cc(Cl)ccc1OCc1ccccc1. The van der Waals surface area contributed by atoms with Crippen LogP contribution < -0.4 is 10.1 Å². The van der Waals surface area contributed by atoms with Crippen LogP contribution in [0.1, 0.15) is 50.2 Å². The maximum atomic E-state index is 6.15. The van der Waals surface area contributed by atoms with Gasteiger partial charge in [-0.15, -0.1) is 0 Å². The number of halogens is 1. The van der Waals surface area contributed by atoms with Gasteiger partial charge in [-0.3, -0.25) is 0 Å². The fourth-order valence-electron chi connectivity index (χ4n) is 2.64. The number of rotatable bonds is 11. The summed E-state index contributed by atoms with van der Waals surface area (Å²) in [5, 5.41) is 4.26. The maximum Gasteiger partial charge on any atom is 0.124 e. The molecule has 130 valence electrons. The molecule has 0 amide bonds. The second kappa shape index (κ2) is 11.1. The van der Waals surface area contributed by atoms with Crippen molar-refractivity contribution in [1.82, 2.24) is 5.32 Å². The van der Waals surface area contributed by atoms with E-state index in [0.717, 1.165) is 29.4 Å². The third kappa shape index (κ3) is 6.94. The Morgan fingerprint density at radius 2 is 1.75 bits per heavy atom. The molecule has 0 aromatic heterocycles. The summed E-state index contributed by atoms with van der Waals surface area (Å²) in [5.41, 5.74) is 2.29. The largest absolute Gasteiger partial charge is 0.489 e. The second-order valence-electron chi connectivity index (χ2n) is 6.12. The zero-order valence-electron chi connectivity index (χ0n) is 14.6. The van der Waals surface area contributed by atoms with E-state index >= 15 is 0 Å². The lowest BCUT2D eigenvalue weighted by Crippen LogP contribution is -2.15. The van der Waals surface area contributed by atoms with Gasteiger partial charge in [0, 0.05) is 17.1 Å². The summed E-state index contributed by atoms with van der Waals surface area (Å²) in [6, 6.07) is 16.1. The van der Waals surface area contributed by atoms with Crippen molar-refractivity contribution in [3.05, 3.63) is 64.7 Å². The van der Waals surface area contributed by atoms with E-state index in [-0.39, 0.29) is 0 Å². The van der Waals surface area contributed by atoms with Crippen molar-refractivity contribution >= 4 is 11.6 Å². The summed E-state index contributed by atoms with van der Waals surface area (Å²) in [5.74, 6) is 0.904. The van der Waals surface area contributed by atoms with Crippen LogP contribution in [0, 0.1) is 0 Å². The fraction of sp³-hybridized carbons (Fsp3) is 0.429. The number of ether oxygens (including phenoxy) is 1. The summed E-state index contributed by atoms with van der Waals surface area (Å²) in [6.07, 6.45) is 6.49. The zero-order valence-corrected chi connectivity index (χ0v) is 15.3. The highest BCUT2D eigenvalue weighted by Crippen LogP contribution is 2.24. The Kier molecular flexibility index (Phi) is 8.72. The van der Waals surface area contributed by atoms with Crippen LogP contribution in [-0.2, 0) is 13.2 Å². The van der Waals surface area contributed by atoms with E-state index in [2.05, 4.69) is 24.4 Å². The monoisotopic (exact) mass is 345 g/mol. The van der Waals surface area contributed by atoms with Crippen molar-refractivity contribution in [2.24, 2.45) is 0 Å². The molecule has 2 aromatic carbocycles. The van der Waals surface area contributed by atoms with E-state index in [4.69, 9.17) is 16.3 Å². The fourth-order valence-corrected chi connectivity index (χ4v) is 2.83. The van der Waals surface area contributed by atoms with E-state index in [1.807, 2.05) is 36.4 Å². The van der Waals surface area contributed by atoms with Gasteiger partial charge in [-0.2, -0.15) is 0 Å². The second-order valence-corrected chi connectivity index (χ2v) is 6.55. The molecular weight excluding hydrogens is 318 g/mol. The molecule has 0 saturated heterocycles. The van der Waals surface area contributed by atoms with Crippen LogP contribution in [0.3, 0.4) is 0 Å². The Morgan fingerprint density at radius 3 is 2.54 bits per heavy atom. The molecule has 0 saturated carbocycles. The molecule has 0 heterocycles. The average Bonchev–Trinajstić information content (AvgIpc) is 2.61. The first kappa shape index (κ1) is 18.8. The van der Waals surface area contributed by atoms with Gasteiger partial charge in [0.1, 0.15) is 12.4 Å². The summed E-state index contributed by atoms with van der Waals surface area (Å²) in [4.78, 5) is 0. The van der Waals surface area contributed by atoms with Crippen molar-refractivity contribution in [3.63, 3.8) is 0 Å². The third-order valence-electron chi connectivity index (χ3n) is 4.03. The van der Waals surface area contributed by atoms with E-state index in [1.54, 1.807) is 0 Å². The average molecular weight is 346 g/mol. The lowest BCUT2D eigenvalue weighted by Gasteiger charge is -2.13. The highest BCUT2D eigenvalue weighted by atomic mass is 35.5. The van der Waals surface area contributed by atoms with Gasteiger partial charge in [0.15, 0.2) is 0 Å². The lowest BCUT2D eigenvalue weighted by molar-refractivity contribution is 0.302. The zero-order chi connectivity index (χ0) is 17.0. The molecule has 0 atom stereocenters. The summed E-state index contributed by atoms with van der Waals surface area (Å²) in [7, 11) is 0. The van der Waals surface area contributed by atoms with Gasteiger partial charge in [0.2, 0.25) is 0 Å². The van der Waals surface area contributed by atoms with E-state index < -0.39 is 0 Å². The van der Waals surface area contributed by atoms with Gasteiger partial charge in [0.05, 0.1) is 0 Å². The first-order chi connectivity index (χ1) is 11.8. The molecule has 1 N–H and O–H groups in total. The van der Waals surface area contributed by atoms with Gasteiger partial charge in [0.25, 0.3) is 0 Å². The molecule has 2 nitrogen and oxygen atoms in total. The molecule has 0 radical (unpaired) electrons. The molecule has 24 heavy (non-hydrogen) atoms. The van der Waals surface area contributed by atoms with Crippen LogP contribution in [0.2, 0.25) is 5.02 Å². The predicted octanol–water partition coefficient (Wildman–Crippen LogP) is 5.98.